The van der Waals surface area contributed by atoms with Crippen molar-refractivity contribution in [3.8, 4) is 5.75 Å². The van der Waals surface area contributed by atoms with Crippen LogP contribution in [-0.2, 0) is 16.1 Å². The number of hydrogen-bond acceptors (Lipinski definition) is 5. The van der Waals surface area contributed by atoms with Crippen LogP contribution in [0.25, 0.3) is 5.76 Å². The average Bonchev–Trinajstić information content (AvgIpc) is 3.45. The first kappa shape index (κ1) is 23.2. The molecule has 0 bridgehead atoms. The average molecular weight is 464 g/mol. The summed E-state index contributed by atoms with van der Waals surface area (Å²) in [7, 11) is 0. The minimum atomic E-state index is -0.770. The van der Waals surface area contributed by atoms with Gasteiger partial charge < -0.3 is 19.3 Å². The summed E-state index contributed by atoms with van der Waals surface area (Å²) in [4.78, 5) is 31.6. The van der Waals surface area contributed by atoms with E-state index in [9.17, 15) is 19.1 Å². The van der Waals surface area contributed by atoms with Crippen LogP contribution in [0.3, 0.4) is 0 Å². The molecule has 8 heteroatoms. The number of rotatable bonds is 9. The number of imidazole rings is 1. The third-order valence-corrected chi connectivity index (χ3v) is 5.70. The van der Waals surface area contributed by atoms with Crippen LogP contribution >= 0.6 is 0 Å². The molecular weight excluding hydrogens is 437 g/mol. The van der Waals surface area contributed by atoms with Gasteiger partial charge in [-0.15, -0.1) is 0 Å². The molecule has 176 valence electrons. The fourth-order valence-electron chi connectivity index (χ4n) is 4.03. The summed E-state index contributed by atoms with van der Waals surface area (Å²) in [6.45, 7) is 3.52. The highest BCUT2D eigenvalue weighted by atomic mass is 19.1. The van der Waals surface area contributed by atoms with Crippen molar-refractivity contribution in [2.75, 3.05) is 13.2 Å². The van der Waals surface area contributed by atoms with Gasteiger partial charge in [0.2, 0.25) is 0 Å². The van der Waals surface area contributed by atoms with Gasteiger partial charge in [0.15, 0.2) is 0 Å². The van der Waals surface area contributed by atoms with Crippen LogP contribution in [0.5, 0.6) is 5.75 Å². The molecule has 1 N–H and O–H groups in total. The first-order valence-electron chi connectivity index (χ1n) is 11.2. The molecule has 1 saturated heterocycles. The predicted octanol–water partition coefficient (Wildman–Crippen LogP) is 4.32. The van der Waals surface area contributed by atoms with Crippen LogP contribution in [0.1, 0.15) is 36.9 Å². The Bertz CT molecular complexity index is 1170. The summed E-state index contributed by atoms with van der Waals surface area (Å²) in [6.07, 6.45) is 6.66. The number of aliphatic hydroxyl groups is 1. The van der Waals surface area contributed by atoms with Crippen molar-refractivity contribution in [3.05, 3.63) is 89.8 Å². The summed E-state index contributed by atoms with van der Waals surface area (Å²) < 4.78 is 20.9. The van der Waals surface area contributed by atoms with Crippen molar-refractivity contribution in [2.24, 2.45) is 0 Å². The van der Waals surface area contributed by atoms with E-state index in [0.29, 0.717) is 37.4 Å². The lowest BCUT2D eigenvalue weighted by atomic mass is 9.95. The molecule has 0 spiro atoms. The Morgan fingerprint density at radius 2 is 1.82 bits per heavy atom. The largest absolute Gasteiger partial charge is 0.507 e. The third kappa shape index (κ3) is 4.85. The Balaban J connectivity index is 1.69. The number of aliphatic hydroxyl groups excluding tert-OH is 1. The minimum Gasteiger partial charge on any atom is -0.507 e. The van der Waals surface area contributed by atoms with Crippen molar-refractivity contribution >= 4 is 17.4 Å². The quantitative estimate of drug-likeness (QED) is 0.290. The highest BCUT2D eigenvalue weighted by Crippen LogP contribution is 2.40. The molecule has 2 heterocycles. The number of ketones is 1. The Kier molecular flexibility index (Phi) is 7.06. The van der Waals surface area contributed by atoms with Crippen molar-refractivity contribution < 1.29 is 23.8 Å². The molecule has 4 rings (SSSR count). The number of carbonyl (C=O) groups is 2. The predicted molar refractivity (Wildman–Crippen MR) is 124 cm³/mol. The molecule has 0 unspecified atom stereocenters. The molecule has 7 nitrogen and oxygen atoms in total. The molecule has 1 aliphatic heterocycles. The van der Waals surface area contributed by atoms with E-state index in [0.717, 1.165) is 6.42 Å². The van der Waals surface area contributed by atoms with E-state index < -0.39 is 23.5 Å². The van der Waals surface area contributed by atoms with Gasteiger partial charge in [0.25, 0.3) is 11.7 Å². The first-order valence-corrected chi connectivity index (χ1v) is 11.2. The zero-order valence-electron chi connectivity index (χ0n) is 18.9. The maximum atomic E-state index is 13.4. The minimum absolute atomic E-state index is 0.0125. The fourth-order valence-corrected chi connectivity index (χ4v) is 4.03. The second kappa shape index (κ2) is 10.3. The lowest BCUT2D eigenvalue weighted by Gasteiger charge is -2.25. The van der Waals surface area contributed by atoms with Crippen molar-refractivity contribution in [1.29, 1.82) is 0 Å². The van der Waals surface area contributed by atoms with Crippen LogP contribution in [0.4, 0.5) is 4.39 Å². The second-order valence-electron chi connectivity index (χ2n) is 8.07. The molecule has 1 aliphatic rings. The highest BCUT2D eigenvalue weighted by Gasteiger charge is 2.45. The lowest BCUT2D eigenvalue weighted by molar-refractivity contribution is -0.139. The monoisotopic (exact) mass is 463 g/mol. The number of carbonyl (C=O) groups excluding carboxylic acids is 2. The molecule has 0 radical (unpaired) electrons. The Hall–Kier alpha value is -3.94. The van der Waals surface area contributed by atoms with E-state index in [4.69, 9.17) is 4.74 Å². The molecule has 0 saturated carbocycles. The van der Waals surface area contributed by atoms with E-state index in [-0.39, 0.29) is 16.9 Å². The molecule has 1 amide bonds. The summed E-state index contributed by atoms with van der Waals surface area (Å²) in [5, 5.41) is 11.0. The van der Waals surface area contributed by atoms with Crippen LogP contribution in [0, 0.1) is 5.82 Å². The Labute approximate surface area is 197 Å². The third-order valence-electron chi connectivity index (χ3n) is 5.70. The number of likely N-dealkylation sites (tertiary alicyclic amines) is 1. The van der Waals surface area contributed by atoms with Crippen LogP contribution in [0.2, 0.25) is 0 Å². The van der Waals surface area contributed by atoms with Crippen LogP contribution in [-0.4, -0.2) is 44.4 Å². The number of benzene rings is 2. The number of Topliss-reactive ketones (excluding diaryl/α,β-unsaturated/α-hetero) is 1. The smallest absolute Gasteiger partial charge is 0.295 e. The van der Waals surface area contributed by atoms with Gasteiger partial charge >= 0.3 is 0 Å². The van der Waals surface area contributed by atoms with Gasteiger partial charge in [-0.25, -0.2) is 9.37 Å². The number of halogens is 1. The van der Waals surface area contributed by atoms with Gasteiger partial charge in [0.1, 0.15) is 17.3 Å². The van der Waals surface area contributed by atoms with Gasteiger partial charge in [0.05, 0.1) is 24.5 Å². The van der Waals surface area contributed by atoms with E-state index in [1.807, 2.05) is 17.7 Å². The molecule has 0 aliphatic carbocycles. The number of hydrogen-bond donors (Lipinski definition) is 1. The molecule has 3 aromatic rings. The number of amides is 1. The number of aryl methyl sites for hydroxylation is 1. The van der Waals surface area contributed by atoms with Crippen molar-refractivity contribution in [1.82, 2.24) is 14.5 Å². The zero-order valence-corrected chi connectivity index (χ0v) is 18.9. The van der Waals surface area contributed by atoms with Gasteiger partial charge in [-0.1, -0.05) is 19.1 Å². The SMILES string of the molecule is CCCOc1ccc([C@@H]2C(=C(O)c3ccc(F)cc3)C(=O)C(=O)N2CCCn2ccnc2)cc1. The van der Waals surface area contributed by atoms with E-state index in [1.165, 1.54) is 29.2 Å². The topological polar surface area (TPSA) is 84.7 Å². The molecule has 1 atom stereocenters. The molecule has 1 aromatic heterocycles. The maximum absolute atomic E-state index is 13.4. The van der Waals surface area contributed by atoms with Crippen LogP contribution in [0.15, 0.2) is 72.8 Å². The molecule has 34 heavy (non-hydrogen) atoms. The van der Waals surface area contributed by atoms with Crippen molar-refractivity contribution in [3.63, 3.8) is 0 Å². The van der Waals surface area contributed by atoms with Gasteiger partial charge in [-0.3, -0.25) is 9.59 Å². The van der Waals surface area contributed by atoms with E-state index >= 15 is 0 Å². The van der Waals surface area contributed by atoms with E-state index in [1.54, 1.807) is 36.8 Å². The zero-order chi connectivity index (χ0) is 24.1. The number of aromatic nitrogens is 2. The highest BCUT2D eigenvalue weighted by molar-refractivity contribution is 6.46. The number of ether oxygens (including phenoxy) is 1. The Morgan fingerprint density at radius 1 is 1.09 bits per heavy atom. The number of nitrogens with zero attached hydrogens (tertiary/aromatic N) is 3. The summed E-state index contributed by atoms with van der Waals surface area (Å²) >= 11 is 0. The van der Waals surface area contributed by atoms with Gasteiger partial charge in [-0.05, 0) is 54.8 Å². The second-order valence-corrected chi connectivity index (χ2v) is 8.07. The molecule has 1 fully saturated rings. The summed E-state index contributed by atoms with van der Waals surface area (Å²) in [5.74, 6) is -1.55. The van der Waals surface area contributed by atoms with Gasteiger partial charge in [-0.2, -0.15) is 0 Å². The Morgan fingerprint density at radius 3 is 2.47 bits per heavy atom. The first-order chi connectivity index (χ1) is 16.5. The van der Waals surface area contributed by atoms with E-state index in [2.05, 4.69) is 4.98 Å². The van der Waals surface area contributed by atoms with Crippen LogP contribution < -0.4 is 4.74 Å². The maximum Gasteiger partial charge on any atom is 0.295 e. The molecule has 2 aromatic carbocycles. The molecular formula is C26H26FN3O4. The summed E-state index contributed by atoms with van der Waals surface area (Å²) in [5.41, 5.74) is 0.932. The normalized spacial score (nSPS) is 17.4. The summed E-state index contributed by atoms with van der Waals surface area (Å²) in [6, 6.07) is 11.6. The standard InChI is InChI=1S/C26H26FN3O4/c1-2-16-34-21-10-6-18(7-11-21)23-22(24(31)19-4-8-20(27)9-5-19)25(32)26(33)30(23)14-3-13-29-15-12-28-17-29/h4-12,15,17,23,31H,2-3,13-14,16H2,1H3/t23-/m1/s1. The van der Waals surface area contributed by atoms with Gasteiger partial charge in [0, 0.05) is 31.0 Å². The van der Waals surface area contributed by atoms with Crippen molar-refractivity contribution in [2.45, 2.75) is 32.4 Å². The lowest BCUT2D eigenvalue weighted by Crippen LogP contribution is -2.31. The fraction of sp³-hybridized carbons (Fsp3) is 0.269.